The lowest BCUT2D eigenvalue weighted by molar-refractivity contribution is 0.0598. The minimum atomic E-state index is -0.319. The van der Waals surface area contributed by atoms with E-state index in [0.29, 0.717) is 18.0 Å². The van der Waals surface area contributed by atoms with Crippen molar-refractivity contribution >= 4 is 28.6 Å². The van der Waals surface area contributed by atoms with Crippen LogP contribution in [0.1, 0.15) is 53.3 Å². The normalized spacial score (nSPS) is 16.1. The molecule has 3 aromatic rings. The van der Waals surface area contributed by atoms with Crippen LogP contribution in [0.5, 0.6) is 0 Å². The Morgan fingerprint density at radius 1 is 1.07 bits per heavy atom. The molecule has 2 aromatic heterocycles. The molecule has 1 aromatic carbocycles. The van der Waals surface area contributed by atoms with Crippen molar-refractivity contribution in [3.63, 3.8) is 0 Å². The molecule has 5 rings (SSSR count). The van der Waals surface area contributed by atoms with Crippen LogP contribution in [0.3, 0.4) is 0 Å². The highest BCUT2D eigenvalue weighted by Gasteiger charge is 2.30. The second-order valence-electron chi connectivity index (χ2n) is 7.93. The molecule has 0 atom stereocenters. The molecular weight excluding hydrogens is 378 g/mol. The van der Waals surface area contributed by atoms with Crippen molar-refractivity contribution in [2.24, 2.45) is 0 Å². The average Bonchev–Trinajstić information content (AvgIpc) is 3.50. The number of hydrogen-bond acceptors (Lipinski definition) is 7. The number of pyridine rings is 1. The molecule has 0 spiro atoms. The number of anilines is 2. The Hall–Kier alpha value is -3.22. The number of nitrogens with zero attached hydrogens (tertiary/aromatic N) is 4. The molecule has 1 saturated carbocycles. The number of rotatable bonds is 6. The number of ether oxygens (including phenoxy) is 1. The van der Waals surface area contributed by atoms with Gasteiger partial charge in [-0.15, -0.1) is 0 Å². The van der Waals surface area contributed by atoms with Gasteiger partial charge in [-0.3, -0.25) is 4.98 Å². The summed E-state index contributed by atoms with van der Waals surface area (Å²) in [5.74, 6) is 1.72. The Labute approximate surface area is 175 Å². The molecule has 0 unspecified atom stereocenters. The zero-order chi connectivity index (χ0) is 20.5. The summed E-state index contributed by atoms with van der Waals surface area (Å²) in [5, 5.41) is 3.45. The fourth-order valence-electron chi connectivity index (χ4n) is 4.00. The van der Waals surface area contributed by atoms with Crippen molar-refractivity contribution in [1.82, 2.24) is 15.0 Å². The van der Waals surface area contributed by atoms with E-state index in [1.165, 1.54) is 20.0 Å². The van der Waals surface area contributed by atoms with Crippen LogP contribution in [-0.2, 0) is 11.3 Å². The van der Waals surface area contributed by atoms with Gasteiger partial charge >= 0.3 is 5.97 Å². The van der Waals surface area contributed by atoms with Crippen LogP contribution in [0.2, 0.25) is 0 Å². The second kappa shape index (κ2) is 7.89. The molecular formula is C23H25N5O2. The summed E-state index contributed by atoms with van der Waals surface area (Å²) in [5.41, 5.74) is 4.08. The summed E-state index contributed by atoms with van der Waals surface area (Å²) in [7, 11) is 1.41. The van der Waals surface area contributed by atoms with Crippen molar-refractivity contribution < 1.29 is 9.53 Å². The van der Waals surface area contributed by atoms with E-state index in [4.69, 9.17) is 19.7 Å². The summed E-state index contributed by atoms with van der Waals surface area (Å²) in [6.45, 7) is 2.52. The molecule has 7 heteroatoms. The highest BCUT2D eigenvalue weighted by Crippen LogP contribution is 2.41. The zero-order valence-electron chi connectivity index (χ0n) is 17.1. The smallest absolute Gasteiger partial charge is 0.339 e. The molecule has 7 nitrogen and oxygen atoms in total. The minimum Gasteiger partial charge on any atom is -0.465 e. The number of methoxy groups -OCH3 is 1. The molecule has 1 N–H and O–H groups in total. The van der Waals surface area contributed by atoms with Crippen molar-refractivity contribution in [2.75, 3.05) is 30.4 Å². The number of hydrogen-bond donors (Lipinski definition) is 1. The first-order valence-corrected chi connectivity index (χ1v) is 10.6. The number of carbonyl (C=O) groups excluding carboxylic acids is 1. The standard InChI is InChI=1S/C23H25N5O2/c1-30-23(29)17-11-10-16(25-20(17)15-8-9-15)14-24-21-22(28-12-4-5-13-28)27-19-7-3-2-6-18(19)26-21/h2-3,6-7,10-11,15H,4-5,8-9,12-14H2,1H3,(H,24,26). The molecule has 1 aliphatic carbocycles. The number of fused-ring (bicyclic) bond motifs is 1. The van der Waals surface area contributed by atoms with Gasteiger partial charge in [0.2, 0.25) is 0 Å². The van der Waals surface area contributed by atoms with Crippen molar-refractivity contribution in [1.29, 1.82) is 0 Å². The lowest BCUT2D eigenvalue weighted by Crippen LogP contribution is -2.21. The van der Waals surface area contributed by atoms with Gasteiger partial charge in [0.05, 0.1) is 41.6 Å². The molecule has 2 fully saturated rings. The number of nitrogens with one attached hydrogen (secondary N) is 1. The van der Waals surface area contributed by atoms with Gasteiger partial charge in [-0.1, -0.05) is 12.1 Å². The average molecular weight is 403 g/mol. The lowest BCUT2D eigenvalue weighted by atomic mass is 10.1. The van der Waals surface area contributed by atoms with Gasteiger partial charge in [0.15, 0.2) is 11.6 Å². The van der Waals surface area contributed by atoms with E-state index in [1.54, 1.807) is 0 Å². The van der Waals surface area contributed by atoms with E-state index in [0.717, 1.165) is 60.0 Å². The maximum absolute atomic E-state index is 12.1. The maximum atomic E-state index is 12.1. The van der Waals surface area contributed by atoms with Gasteiger partial charge in [0.1, 0.15) is 0 Å². The molecule has 1 saturated heterocycles. The van der Waals surface area contributed by atoms with Gasteiger partial charge in [0, 0.05) is 19.0 Å². The SMILES string of the molecule is COC(=O)c1ccc(CNc2nc3ccccc3nc2N2CCCC2)nc1C1CC1. The summed E-state index contributed by atoms with van der Waals surface area (Å²) >= 11 is 0. The van der Waals surface area contributed by atoms with Crippen LogP contribution in [0.15, 0.2) is 36.4 Å². The van der Waals surface area contributed by atoms with E-state index in [2.05, 4.69) is 10.2 Å². The van der Waals surface area contributed by atoms with Crippen LogP contribution in [0, 0.1) is 0 Å². The Bertz CT molecular complexity index is 1090. The molecule has 0 bridgehead atoms. The quantitative estimate of drug-likeness (QED) is 0.625. The van der Waals surface area contributed by atoms with Gasteiger partial charge in [-0.25, -0.2) is 14.8 Å². The van der Waals surface area contributed by atoms with E-state index in [9.17, 15) is 4.79 Å². The fraction of sp³-hybridized carbons (Fsp3) is 0.391. The van der Waals surface area contributed by atoms with E-state index in [1.807, 2.05) is 36.4 Å². The predicted molar refractivity (Wildman–Crippen MR) is 116 cm³/mol. The van der Waals surface area contributed by atoms with Gasteiger partial charge in [-0.2, -0.15) is 0 Å². The maximum Gasteiger partial charge on any atom is 0.339 e. The second-order valence-corrected chi connectivity index (χ2v) is 7.93. The Morgan fingerprint density at radius 3 is 2.50 bits per heavy atom. The van der Waals surface area contributed by atoms with E-state index >= 15 is 0 Å². The molecule has 154 valence electrons. The van der Waals surface area contributed by atoms with Gasteiger partial charge < -0.3 is 15.0 Å². The summed E-state index contributed by atoms with van der Waals surface area (Å²) in [6.07, 6.45) is 4.50. The summed E-state index contributed by atoms with van der Waals surface area (Å²) in [6, 6.07) is 11.7. The third-order valence-corrected chi connectivity index (χ3v) is 5.75. The van der Waals surface area contributed by atoms with Crippen molar-refractivity contribution in [3.8, 4) is 0 Å². The molecule has 30 heavy (non-hydrogen) atoms. The monoisotopic (exact) mass is 403 g/mol. The molecule has 2 aliphatic rings. The van der Waals surface area contributed by atoms with Crippen LogP contribution < -0.4 is 10.2 Å². The largest absolute Gasteiger partial charge is 0.465 e. The zero-order valence-corrected chi connectivity index (χ0v) is 17.1. The van der Waals surface area contributed by atoms with Crippen LogP contribution in [0.4, 0.5) is 11.6 Å². The predicted octanol–water partition coefficient (Wildman–Crippen LogP) is 3.90. The Morgan fingerprint density at radius 2 is 1.80 bits per heavy atom. The van der Waals surface area contributed by atoms with Crippen LogP contribution >= 0.6 is 0 Å². The number of para-hydroxylation sites is 2. The molecule has 1 aliphatic heterocycles. The van der Waals surface area contributed by atoms with Gasteiger partial charge in [0.25, 0.3) is 0 Å². The van der Waals surface area contributed by atoms with Crippen molar-refractivity contribution in [2.45, 2.75) is 38.1 Å². The Balaban J connectivity index is 1.44. The topological polar surface area (TPSA) is 80.2 Å². The van der Waals surface area contributed by atoms with Gasteiger partial charge in [-0.05, 0) is 49.9 Å². The first-order valence-electron chi connectivity index (χ1n) is 10.6. The van der Waals surface area contributed by atoms with Crippen LogP contribution in [0.25, 0.3) is 11.0 Å². The Kier molecular flexibility index (Phi) is 4.94. The van der Waals surface area contributed by atoms with E-state index in [-0.39, 0.29) is 5.97 Å². The van der Waals surface area contributed by atoms with Crippen LogP contribution in [-0.4, -0.2) is 41.1 Å². The minimum absolute atomic E-state index is 0.319. The summed E-state index contributed by atoms with van der Waals surface area (Å²) in [4.78, 5) is 28.9. The first kappa shape index (κ1) is 18.8. The van der Waals surface area contributed by atoms with Crippen molar-refractivity contribution in [3.05, 3.63) is 53.3 Å². The third kappa shape index (κ3) is 3.67. The molecule has 0 amide bonds. The number of benzene rings is 1. The highest BCUT2D eigenvalue weighted by molar-refractivity contribution is 5.90. The van der Waals surface area contributed by atoms with E-state index < -0.39 is 0 Å². The molecule has 3 heterocycles. The highest BCUT2D eigenvalue weighted by atomic mass is 16.5. The number of aromatic nitrogens is 3. The number of carbonyl (C=O) groups is 1. The third-order valence-electron chi connectivity index (χ3n) is 5.75. The fourth-order valence-corrected chi connectivity index (χ4v) is 4.00. The molecule has 0 radical (unpaired) electrons. The number of esters is 1. The lowest BCUT2D eigenvalue weighted by Gasteiger charge is -2.20. The first-order chi connectivity index (χ1) is 14.7. The summed E-state index contributed by atoms with van der Waals surface area (Å²) < 4.78 is 4.92.